The van der Waals surface area contributed by atoms with Crippen LogP contribution in [0, 0.1) is 0 Å². The molecule has 162 valence electrons. The van der Waals surface area contributed by atoms with Gasteiger partial charge in [-0.3, -0.25) is 4.79 Å². The molecular weight excluding hydrogens is 406 g/mol. The SMILES string of the molecule is COc1cc(S(N)(=O)=O)cc(C(=O)NC(C)(C2=CCCCC2)c2ccc[nH]2)c1OC. The van der Waals surface area contributed by atoms with Crippen molar-refractivity contribution in [2.24, 2.45) is 5.14 Å². The Morgan fingerprint density at radius 1 is 1.23 bits per heavy atom. The van der Waals surface area contributed by atoms with E-state index < -0.39 is 21.5 Å². The average molecular weight is 434 g/mol. The van der Waals surface area contributed by atoms with Crippen LogP contribution in [-0.2, 0) is 15.6 Å². The third-order valence-corrected chi connectivity index (χ3v) is 6.35. The summed E-state index contributed by atoms with van der Waals surface area (Å²) in [4.78, 5) is 16.4. The van der Waals surface area contributed by atoms with Gasteiger partial charge in [-0.05, 0) is 56.4 Å². The van der Waals surface area contributed by atoms with Crippen LogP contribution in [0.15, 0.2) is 47.0 Å². The smallest absolute Gasteiger partial charge is 0.256 e. The lowest BCUT2D eigenvalue weighted by Crippen LogP contribution is -2.46. The third kappa shape index (κ3) is 4.22. The van der Waals surface area contributed by atoms with Crippen LogP contribution in [0.2, 0.25) is 0 Å². The Morgan fingerprint density at radius 2 is 2.00 bits per heavy atom. The zero-order valence-corrected chi connectivity index (χ0v) is 18.1. The van der Waals surface area contributed by atoms with Crippen molar-refractivity contribution < 1.29 is 22.7 Å². The first-order chi connectivity index (χ1) is 14.2. The largest absolute Gasteiger partial charge is 0.493 e. The Bertz CT molecular complexity index is 1060. The quantitative estimate of drug-likeness (QED) is 0.579. The number of hydrogen-bond acceptors (Lipinski definition) is 5. The van der Waals surface area contributed by atoms with E-state index in [4.69, 9.17) is 14.6 Å². The molecule has 0 saturated carbocycles. The standard InChI is InChI=1S/C21H27N3O5S/c1-21(18-10-7-11-23-18,14-8-5-4-6-9-14)24-20(25)16-12-15(30(22,26)27)13-17(28-2)19(16)29-3/h7-8,10-13,23H,4-6,9H2,1-3H3,(H,24,25)(H2,22,26,27). The van der Waals surface area contributed by atoms with E-state index in [2.05, 4.69) is 16.4 Å². The number of nitrogens with one attached hydrogen (secondary N) is 2. The van der Waals surface area contributed by atoms with Gasteiger partial charge >= 0.3 is 0 Å². The number of nitrogens with two attached hydrogens (primary N) is 1. The number of sulfonamides is 1. The van der Waals surface area contributed by atoms with E-state index in [1.807, 2.05) is 19.1 Å². The van der Waals surface area contributed by atoms with Crippen LogP contribution >= 0.6 is 0 Å². The molecule has 0 aliphatic heterocycles. The van der Waals surface area contributed by atoms with Gasteiger partial charge in [0.2, 0.25) is 10.0 Å². The molecule has 1 heterocycles. The Morgan fingerprint density at radius 3 is 2.53 bits per heavy atom. The molecule has 1 aliphatic carbocycles. The number of benzene rings is 1. The highest BCUT2D eigenvalue weighted by Gasteiger charge is 2.35. The van der Waals surface area contributed by atoms with E-state index in [9.17, 15) is 13.2 Å². The van der Waals surface area contributed by atoms with Crippen molar-refractivity contribution in [2.75, 3.05) is 14.2 Å². The molecule has 0 bridgehead atoms. The maximum Gasteiger partial charge on any atom is 0.256 e. The molecule has 2 aromatic rings. The summed E-state index contributed by atoms with van der Waals surface area (Å²) >= 11 is 0. The van der Waals surface area contributed by atoms with E-state index >= 15 is 0 Å². The van der Waals surface area contributed by atoms with Crippen molar-refractivity contribution >= 4 is 15.9 Å². The second kappa shape index (κ2) is 8.53. The molecule has 1 aromatic heterocycles. The number of allylic oxidation sites excluding steroid dienone is 1. The molecule has 1 aromatic carbocycles. The summed E-state index contributed by atoms with van der Waals surface area (Å²) in [7, 11) is -1.31. The highest BCUT2D eigenvalue weighted by molar-refractivity contribution is 7.89. The summed E-state index contributed by atoms with van der Waals surface area (Å²) in [6.07, 6.45) is 7.90. The fourth-order valence-corrected chi connectivity index (χ4v) is 4.37. The number of rotatable bonds is 7. The summed E-state index contributed by atoms with van der Waals surface area (Å²) in [5.41, 5.74) is 1.15. The van der Waals surface area contributed by atoms with Crippen LogP contribution in [0.4, 0.5) is 0 Å². The van der Waals surface area contributed by atoms with Crippen molar-refractivity contribution in [3.05, 3.63) is 53.4 Å². The monoisotopic (exact) mass is 433 g/mol. The molecular formula is C21H27N3O5S. The number of ether oxygens (including phenoxy) is 2. The number of aromatic amines is 1. The Kier molecular flexibility index (Phi) is 6.23. The molecule has 0 fully saturated rings. The van der Waals surface area contributed by atoms with E-state index in [1.165, 1.54) is 26.4 Å². The molecule has 4 N–H and O–H groups in total. The van der Waals surface area contributed by atoms with Crippen molar-refractivity contribution in [2.45, 2.75) is 43.0 Å². The van der Waals surface area contributed by atoms with Crippen LogP contribution < -0.4 is 19.9 Å². The van der Waals surface area contributed by atoms with E-state index in [0.29, 0.717) is 0 Å². The zero-order chi connectivity index (χ0) is 21.9. The second-order valence-corrected chi connectivity index (χ2v) is 8.95. The number of amides is 1. The minimum Gasteiger partial charge on any atom is -0.493 e. The number of hydrogen-bond donors (Lipinski definition) is 3. The number of primary sulfonamides is 1. The Balaban J connectivity index is 2.09. The van der Waals surface area contributed by atoms with Crippen molar-refractivity contribution in [3.63, 3.8) is 0 Å². The van der Waals surface area contributed by atoms with Crippen LogP contribution in [0.3, 0.4) is 0 Å². The minimum atomic E-state index is -4.06. The van der Waals surface area contributed by atoms with Gasteiger partial charge in [0.25, 0.3) is 5.91 Å². The van der Waals surface area contributed by atoms with Crippen LogP contribution in [-0.4, -0.2) is 33.5 Å². The normalized spacial score (nSPS) is 16.3. The molecule has 0 saturated heterocycles. The fourth-order valence-electron chi connectivity index (χ4n) is 3.82. The predicted octanol–water partition coefficient (Wildman–Crippen LogP) is 2.82. The number of carbonyl (C=O) groups excluding carboxylic acids is 1. The molecule has 1 amide bonds. The average Bonchev–Trinajstić information content (AvgIpc) is 3.28. The highest BCUT2D eigenvalue weighted by atomic mass is 32.2. The fraction of sp³-hybridized carbons (Fsp3) is 0.381. The van der Waals surface area contributed by atoms with Gasteiger partial charge in [-0.15, -0.1) is 0 Å². The molecule has 1 unspecified atom stereocenters. The van der Waals surface area contributed by atoms with Crippen molar-refractivity contribution in [1.29, 1.82) is 0 Å². The first-order valence-electron chi connectivity index (χ1n) is 9.65. The lowest BCUT2D eigenvalue weighted by molar-refractivity contribution is 0.0910. The number of carbonyl (C=O) groups is 1. The molecule has 9 heteroatoms. The first kappa shape index (κ1) is 21.9. The molecule has 0 spiro atoms. The van der Waals surface area contributed by atoms with Gasteiger partial charge in [0.1, 0.15) is 0 Å². The van der Waals surface area contributed by atoms with E-state index in [1.54, 1.807) is 6.20 Å². The van der Waals surface area contributed by atoms with Crippen molar-refractivity contribution in [3.8, 4) is 11.5 Å². The molecule has 0 radical (unpaired) electrons. The van der Waals surface area contributed by atoms with E-state index in [-0.39, 0.29) is 22.0 Å². The number of methoxy groups -OCH3 is 2. The van der Waals surface area contributed by atoms with Gasteiger partial charge in [-0.25, -0.2) is 13.6 Å². The summed E-state index contributed by atoms with van der Waals surface area (Å²) in [6, 6.07) is 6.22. The topological polar surface area (TPSA) is 124 Å². The zero-order valence-electron chi connectivity index (χ0n) is 17.3. The summed E-state index contributed by atoms with van der Waals surface area (Å²) in [6.45, 7) is 1.93. The maximum atomic E-state index is 13.4. The van der Waals surface area contributed by atoms with Gasteiger partial charge in [-0.1, -0.05) is 6.08 Å². The lowest BCUT2D eigenvalue weighted by atomic mass is 9.81. The number of H-pyrrole nitrogens is 1. The third-order valence-electron chi connectivity index (χ3n) is 5.46. The summed E-state index contributed by atoms with van der Waals surface area (Å²) < 4.78 is 34.5. The maximum absolute atomic E-state index is 13.4. The minimum absolute atomic E-state index is 0.0232. The first-order valence-corrected chi connectivity index (χ1v) is 11.2. The predicted molar refractivity (Wildman–Crippen MR) is 113 cm³/mol. The van der Waals surface area contributed by atoms with Crippen LogP contribution in [0.5, 0.6) is 11.5 Å². The van der Waals surface area contributed by atoms with Gasteiger partial charge in [0.05, 0.1) is 30.2 Å². The van der Waals surface area contributed by atoms with Crippen LogP contribution in [0.1, 0.15) is 48.7 Å². The summed E-state index contributed by atoms with van der Waals surface area (Å²) in [5.74, 6) is -0.263. The van der Waals surface area contributed by atoms with Gasteiger partial charge in [-0.2, -0.15) is 0 Å². The molecule has 30 heavy (non-hydrogen) atoms. The second-order valence-electron chi connectivity index (χ2n) is 7.39. The Labute approximate surface area is 176 Å². The summed E-state index contributed by atoms with van der Waals surface area (Å²) in [5, 5.41) is 8.37. The molecule has 1 aliphatic rings. The molecule has 1 atom stereocenters. The number of aromatic nitrogens is 1. The van der Waals surface area contributed by atoms with Gasteiger partial charge in [0.15, 0.2) is 11.5 Å². The van der Waals surface area contributed by atoms with Gasteiger partial charge in [0, 0.05) is 18.0 Å². The Hall–Kier alpha value is -2.78. The van der Waals surface area contributed by atoms with Gasteiger partial charge < -0.3 is 19.8 Å². The molecule has 3 rings (SSSR count). The molecule has 8 nitrogen and oxygen atoms in total. The van der Waals surface area contributed by atoms with Crippen molar-refractivity contribution in [1.82, 2.24) is 10.3 Å². The van der Waals surface area contributed by atoms with Crippen LogP contribution in [0.25, 0.3) is 0 Å². The lowest BCUT2D eigenvalue weighted by Gasteiger charge is -2.35. The van der Waals surface area contributed by atoms with E-state index in [0.717, 1.165) is 37.0 Å². The highest BCUT2D eigenvalue weighted by Crippen LogP contribution is 2.37.